The first-order chi connectivity index (χ1) is 12.6. The van der Waals surface area contributed by atoms with Gasteiger partial charge in [0.15, 0.2) is 0 Å². The second-order valence-corrected chi connectivity index (χ2v) is 5.12. The van der Waals surface area contributed by atoms with Crippen molar-refractivity contribution in [2.24, 2.45) is 0 Å². The van der Waals surface area contributed by atoms with Crippen molar-refractivity contribution in [3.63, 3.8) is 0 Å². The molecule has 0 amide bonds. The van der Waals surface area contributed by atoms with Crippen LogP contribution in [-0.4, -0.2) is 32.3 Å². The molecule has 0 N–H and O–H groups in total. The molecule has 7 nitrogen and oxygen atoms in total. The molecular formula is C19H18O7. The quantitative estimate of drug-likeness (QED) is 0.579. The summed E-state index contributed by atoms with van der Waals surface area (Å²) in [5.41, 5.74) is 1.59. The van der Waals surface area contributed by atoms with E-state index < -0.39 is 18.1 Å². The van der Waals surface area contributed by atoms with Crippen molar-refractivity contribution in [3.8, 4) is 0 Å². The van der Waals surface area contributed by atoms with Gasteiger partial charge in [-0.15, -0.1) is 0 Å². The third-order valence-electron chi connectivity index (χ3n) is 3.54. The van der Waals surface area contributed by atoms with Gasteiger partial charge in [0.05, 0.1) is 25.3 Å². The molecule has 0 aliphatic heterocycles. The summed E-state index contributed by atoms with van der Waals surface area (Å²) in [6, 6.07) is 13.2. The molecule has 0 saturated heterocycles. The zero-order valence-electron chi connectivity index (χ0n) is 14.4. The summed E-state index contributed by atoms with van der Waals surface area (Å²) < 4.78 is 19.4. The van der Waals surface area contributed by atoms with Crippen molar-refractivity contribution in [1.82, 2.24) is 0 Å². The molecule has 0 unspecified atom stereocenters. The van der Waals surface area contributed by atoms with E-state index in [0.717, 1.165) is 0 Å². The molecule has 0 aliphatic carbocycles. The SMILES string of the molecule is COC(=O)c1ccccc1COC(=O)OCc1ccccc1C(=O)OC. The summed E-state index contributed by atoms with van der Waals surface area (Å²) in [4.78, 5) is 35.2. The summed E-state index contributed by atoms with van der Waals surface area (Å²) >= 11 is 0. The molecule has 0 radical (unpaired) electrons. The molecule has 0 bridgehead atoms. The van der Waals surface area contributed by atoms with E-state index in [-0.39, 0.29) is 13.2 Å². The van der Waals surface area contributed by atoms with E-state index in [9.17, 15) is 14.4 Å². The second kappa shape index (κ2) is 9.22. The Morgan fingerprint density at radius 2 is 1.08 bits per heavy atom. The Morgan fingerprint density at radius 1 is 0.692 bits per heavy atom. The van der Waals surface area contributed by atoms with Gasteiger partial charge in [-0.1, -0.05) is 36.4 Å². The van der Waals surface area contributed by atoms with Crippen molar-refractivity contribution in [1.29, 1.82) is 0 Å². The highest BCUT2D eigenvalue weighted by atomic mass is 16.7. The zero-order chi connectivity index (χ0) is 18.9. The minimum atomic E-state index is -0.927. The Bertz CT molecular complexity index is 732. The summed E-state index contributed by atoms with van der Waals surface area (Å²) in [6.07, 6.45) is -0.927. The highest BCUT2D eigenvalue weighted by Gasteiger charge is 2.15. The van der Waals surface area contributed by atoms with Crippen LogP contribution >= 0.6 is 0 Å². The van der Waals surface area contributed by atoms with Gasteiger partial charge in [-0.3, -0.25) is 0 Å². The van der Waals surface area contributed by atoms with Crippen molar-refractivity contribution >= 4 is 18.1 Å². The number of benzene rings is 2. The Kier molecular flexibility index (Phi) is 6.73. The van der Waals surface area contributed by atoms with Gasteiger partial charge in [-0.05, 0) is 12.1 Å². The van der Waals surface area contributed by atoms with Gasteiger partial charge in [0, 0.05) is 11.1 Å². The van der Waals surface area contributed by atoms with Crippen LogP contribution in [0.25, 0.3) is 0 Å². The summed E-state index contributed by atoms with van der Waals surface area (Å²) in [5, 5.41) is 0. The van der Waals surface area contributed by atoms with Crippen molar-refractivity contribution in [2.75, 3.05) is 14.2 Å². The number of esters is 2. The molecule has 0 aromatic heterocycles. The first-order valence-electron chi connectivity index (χ1n) is 7.68. The normalized spacial score (nSPS) is 9.92. The number of methoxy groups -OCH3 is 2. The van der Waals surface area contributed by atoms with Crippen LogP contribution in [0.1, 0.15) is 31.8 Å². The highest BCUT2D eigenvalue weighted by Crippen LogP contribution is 2.14. The van der Waals surface area contributed by atoms with E-state index in [0.29, 0.717) is 22.3 Å². The Hall–Kier alpha value is -3.35. The number of hydrogen-bond acceptors (Lipinski definition) is 7. The average molecular weight is 358 g/mol. The van der Waals surface area contributed by atoms with Crippen LogP contribution in [0.15, 0.2) is 48.5 Å². The average Bonchev–Trinajstić information content (AvgIpc) is 2.69. The fourth-order valence-electron chi connectivity index (χ4n) is 2.23. The van der Waals surface area contributed by atoms with Crippen LogP contribution in [0.4, 0.5) is 4.79 Å². The second-order valence-electron chi connectivity index (χ2n) is 5.12. The Balaban J connectivity index is 1.95. The molecule has 2 rings (SSSR count). The van der Waals surface area contributed by atoms with Gasteiger partial charge in [0.1, 0.15) is 13.2 Å². The summed E-state index contributed by atoms with van der Waals surface area (Å²) in [5.74, 6) is -1.05. The maximum atomic E-state index is 11.8. The predicted molar refractivity (Wildman–Crippen MR) is 90.5 cm³/mol. The molecule has 2 aromatic carbocycles. The lowest BCUT2D eigenvalue weighted by atomic mass is 10.1. The van der Waals surface area contributed by atoms with Crippen molar-refractivity contribution < 1.29 is 33.3 Å². The minimum absolute atomic E-state index is 0.150. The minimum Gasteiger partial charge on any atom is -0.465 e. The van der Waals surface area contributed by atoms with Gasteiger partial charge < -0.3 is 18.9 Å². The fourth-order valence-corrected chi connectivity index (χ4v) is 2.23. The van der Waals surface area contributed by atoms with Crippen LogP contribution in [0.3, 0.4) is 0 Å². The molecule has 26 heavy (non-hydrogen) atoms. The van der Waals surface area contributed by atoms with Gasteiger partial charge in [0.25, 0.3) is 0 Å². The van der Waals surface area contributed by atoms with Crippen LogP contribution in [0, 0.1) is 0 Å². The van der Waals surface area contributed by atoms with Crippen molar-refractivity contribution in [3.05, 3.63) is 70.8 Å². The van der Waals surface area contributed by atoms with Crippen LogP contribution < -0.4 is 0 Å². The first kappa shape index (κ1) is 19.0. The lowest BCUT2D eigenvalue weighted by Gasteiger charge is -2.10. The molecule has 0 heterocycles. The van der Waals surface area contributed by atoms with E-state index in [2.05, 4.69) is 9.47 Å². The summed E-state index contributed by atoms with van der Waals surface area (Å²) in [6.45, 7) is -0.300. The Labute approximate surface area is 150 Å². The van der Waals surface area contributed by atoms with E-state index in [4.69, 9.17) is 9.47 Å². The predicted octanol–water partition coefficient (Wildman–Crippen LogP) is 3.11. The molecule has 2 aromatic rings. The van der Waals surface area contributed by atoms with Crippen LogP contribution in [-0.2, 0) is 32.2 Å². The number of carbonyl (C=O) groups is 3. The molecule has 0 saturated carbocycles. The smallest absolute Gasteiger partial charge is 0.465 e. The third kappa shape index (κ3) is 4.83. The van der Waals surface area contributed by atoms with Crippen molar-refractivity contribution in [2.45, 2.75) is 13.2 Å². The van der Waals surface area contributed by atoms with Gasteiger partial charge in [-0.25, -0.2) is 14.4 Å². The molecule has 136 valence electrons. The first-order valence-corrected chi connectivity index (χ1v) is 7.68. The Morgan fingerprint density at radius 3 is 1.46 bits per heavy atom. The molecule has 7 heteroatoms. The molecular weight excluding hydrogens is 340 g/mol. The third-order valence-corrected chi connectivity index (χ3v) is 3.54. The van der Waals surface area contributed by atoms with E-state index in [1.807, 2.05) is 0 Å². The van der Waals surface area contributed by atoms with Crippen LogP contribution in [0.5, 0.6) is 0 Å². The molecule has 0 fully saturated rings. The molecule has 0 aliphatic rings. The van der Waals surface area contributed by atoms with E-state index in [1.165, 1.54) is 14.2 Å². The van der Waals surface area contributed by atoms with E-state index in [1.54, 1.807) is 48.5 Å². The standard InChI is InChI=1S/C19H18O7/c1-23-17(20)15-9-5-3-7-13(15)11-25-19(22)26-12-14-8-4-6-10-16(14)18(21)24-2/h3-10H,11-12H2,1-2H3. The maximum absolute atomic E-state index is 11.8. The summed E-state index contributed by atoms with van der Waals surface area (Å²) in [7, 11) is 2.54. The van der Waals surface area contributed by atoms with E-state index >= 15 is 0 Å². The molecule has 0 spiro atoms. The van der Waals surface area contributed by atoms with Crippen LogP contribution in [0.2, 0.25) is 0 Å². The topological polar surface area (TPSA) is 88.1 Å². The fraction of sp³-hybridized carbons (Fsp3) is 0.211. The maximum Gasteiger partial charge on any atom is 0.508 e. The monoisotopic (exact) mass is 358 g/mol. The number of carbonyl (C=O) groups excluding carboxylic acids is 3. The highest BCUT2D eigenvalue weighted by molar-refractivity contribution is 5.91. The number of ether oxygens (including phenoxy) is 4. The largest absolute Gasteiger partial charge is 0.508 e. The van der Waals surface area contributed by atoms with Gasteiger partial charge in [-0.2, -0.15) is 0 Å². The zero-order valence-corrected chi connectivity index (χ0v) is 14.4. The van der Waals surface area contributed by atoms with Gasteiger partial charge in [0.2, 0.25) is 0 Å². The molecule has 0 atom stereocenters. The lowest BCUT2D eigenvalue weighted by molar-refractivity contribution is 0.0421. The lowest BCUT2D eigenvalue weighted by Crippen LogP contribution is -2.12. The van der Waals surface area contributed by atoms with Gasteiger partial charge >= 0.3 is 18.1 Å². The number of hydrogen-bond donors (Lipinski definition) is 0. The number of rotatable bonds is 6.